The summed E-state index contributed by atoms with van der Waals surface area (Å²) in [6.45, 7) is 4.11. The van der Waals surface area contributed by atoms with Gasteiger partial charge >= 0.3 is 0 Å². The average molecular weight is 403 g/mol. The van der Waals surface area contributed by atoms with E-state index in [-0.39, 0.29) is 19.0 Å². The van der Waals surface area contributed by atoms with Crippen LogP contribution in [0.1, 0.15) is 11.1 Å². The minimum atomic E-state index is -3.47. The first-order chi connectivity index (χ1) is 13.4. The van der Waals surface area contributed by atoms with Gasteiger partial charge in [0, 0.05) is 12.1 Å². The quantitative estimate of drug-likeness (QED) is 0.728. The molecule has 1 aliphatic rings. The maximum absolute atomic E-state index is 12.7. The van der Waals surface area contributed by atoms with E-state index in [1.54, 1.807) is 4.90 Å². The highest BCUT2D eigenvalue weighted by Gasteiger charge is 2.27. The number of benzene rings is 2. The summed E-state index contributed by atoms with van der Waals surface area (Å²) in [6.07, 6.45) is 1.16. The molecule has 0 atom stereocenters. The van der Waals surface area contributed by atoms with Crippen molar-refractivity contribution in [2.24, 2.45) is 0 Å². The molecular formula is C21H28N3O3S+. The summed E-state index contributed by atoms with van der Waals surface area (Å²) in [7, 11) is -3.47. The zero-order valence-electron chi connectivity index (χ0n) is 16.3. The summed E-state index contributed by atoms with van der Waals surface area (Å²) in [6, 6.07) is 19.7. The molecule has 0 radical (unpaired) electrons. The zero-order valence-corrected chi connectivity index (χ0v) is 17.1. The van der Waals surface area contributed by atoms with Gasteiger partial charge < -0.3 is 9.80 Å². The van der Waals surface area contributed by atoms with E-state index in [1.165, 1.54) is 14.8 Å². The molecule has 0 aliphatic carbocycles. The number of quaternary nitrogens is 1. The van der Waals surface area contributed by atoms with Crippen molar-refractivity contribution < 1.29 is 18.1 Å². The number of carbonyl (C=O) groups excluding carboxylic acids is 1. The van der Waals surface area contributed by atoms with E-state index >= 15 is 0 Å². The van der Waals surface area contributed by atoms with Crippen LogP contribution in [0.25, 0.3) is 0 Å². The van der Waals surface area contributed by atoms with Crippen molar-refractivity contribution in [1.29, 1.82) is 0 Å². The van der Waals surface area contributed by atoms with Crippen molar-refractivity contribution in [2.75, 3.05) is 39.0 Å². The monoisotopic (exact) mass is 402 g/mol. The first-order valence-corrected chi connectivity index (χ1v) is 11.4. The molecule has 6 nitrogen and oxygen atoms in total. The minimum Gasteiger partial charge on any atom is -0.330 e. The van der Waals surface area contributed by atoms with Crippen molar-refractivity contribution in [3.05, 3.63) is 71.8 Å². The summed E-state index contributed by atoms with van der Waals surface area (Å²) in [5.41, 5.74) is 2.17. The molecule has 2 aromatic carbocycles. The molecule has 2 aromatic rings. The maximum atomic E-state index is 12.7. The van der Waals surface area contributed by atoms with Gasteiger partial charge in [-0.15, -0.1) is 0 Å². The fourth-order valence-electron chi connectivity index (χ4n) is 3.46. The van der Waals surface area contributed by atoms with Crippen LogP contribution in [-0.2, 0) is 27.9 Å². The van der Waals surface area contributed by atoms with Crippen molar-refractivity contribution in [3.8, 4) is 0 Å². The van der Waals surface area contributed by atoms with Crippen molar-refractivity contribution >= 4 is 15.9 Å². The Balaban J connectivity index is 1.54. The Morgan fingerprint density at radius 1 is 0.964 bits per heavy atom. The van der Waals surface area contributed by atoms with E-state index in [0.717, 1.165) is 31.5 Å². The fraction of sp³-hybridized carbons (Fsp3) is 0.381. The second-order valence-corrected chi connectivity index (χ2v) is 9.29. The van der Waals surface area contributed by atoms with E-state index in [2.05, 4.69) is 12.1 Å². The normalized spacial score (nSPS) is 15.7. The first kappa shape index (κ1) is 20.5. The van der Waals surface area contributed by atoms with Gasteiger partial charge in [-0.2, -0.15) is 4.31 Å². The molecule has 0 aromatic heterocycles. The Morgan fingerprint density at radius 3 is 2.04 bits per heavy atom. The highest BCUT2D eigenvalue weighted by molar-refractivity contribution is 7.88. The Labute approximate surface area is 167 Å². The smallest absolute Gasteiger partial charge is 0.238 e. The van der Waals surface area contributed by atoms with E-state index in [1.807, 2.05) is 48.5 Å². The van der Waals surface area contributed by atoms with Crippen LogP contribution in [-0.4, -0.2) is 62.5 Å². The molecule has 1 fully saturated rings. The Bertz CT molecular complexity index is 864. The van der Waals surface area contributed by atoms with Gasteiger partial charge in [0.15, 0.2) is 0 Å². The summed E-state index contributed by atoms with van der Waals surface area (Å²) in [5.74, 6) is -0.125. The third kappa shape index (κ3) is 5.89. The van der Waals surface area contributed by atoms with Gasteiger partial charge in [-0.25, -0.2) is 8.42 Å². The van der Waals surface area contributed by atoms with Crippen molar-refractivity contribution in [3.63, 3.8) is 0 Å². The number of nitrogens with one attached hydrogen (secondary N) is 1. The number of rotatable bonds is 7. The molecule has 1 N–H and O–H groups in total. The second-order valence-electron chi connectivity index (χ2n) is 7.31. The van der Waals surface area contributed by atoms with Gasteiger partial charge in [-0.3, -0.25) is 4.79 Å². The van der Waals surface area contributed by atoms with E-state index in [0.29, 0.717) is 13.1 Å². The van der Waals surface area contributed by atoms with Gasteiger partial charge in [0.25, 0.3) is 0 Å². The van der Waals surface area contributed by atoms with Gasteiger partial charge in [0.2, 0.25) is 15.9 Å². The molecule has 1 aliphatic heterocycles. The Morgan fingerprint density at radius 2 is 1.50 bits per heavy atom. The number of carbonyl (C=O) groups is 1. The van der Waals surface area contributed by atoms with Crippen molar-refractivity contribution in [1.82, 2.24) is 9.21 Å². The van der Waals surface area contributed by atoms with E-state index in [9.17, 15) is 13.2 Å². The third-order valence-electron chi connectivity index (χ3n) is 5.10. The van der Waals surface area contributed by atoms with Crippen LogP contribution in [0.3, 0.4) is 0 Å². The lowest BCUT2D eigenvalue weighted by atomic mass is 10.2. The summed E-state index contributed by atoms with van der Waals surface area (Å²) in [5, 5.41) is 0. The van der Waals surface area contributed by atoms with Crippen LogP contribution in [0, 0.1) is 0 Å². The lowest BCUT2D eigenvalue weighted by molar-refractivity contribution is -0.917. The van der Waals surface area contributed by atoms with Crippen LogP contribution in [0.2, 0.25) is 0 Å². The van der Waals surface area contributed by atoms with Crippen LogP contribution in [0.4, 0.5) is 0 Å². The number of piperazine rings is 1. The van der Waals surface area contributed by atoms with Crippen LogP contribution in [0.5, 0.6) is 0 Å². The fourth-order valence-corrected chi connectivity index (χ4v) is 4.19. The van der Waals surface area contributed by atoms with Gasteiger partial charge in [-0.05, 0) is 5.56 Å². The maximum Gasteiger partial charge on any atom is 0.238 e. The van der Waals surface area contributed by atoms with Crippen LogP contribution in [0.15, 0.2) is 60.7 Å². The standard InChI is InChI=1S/C21H27N3O3S/c1-28(26,27)24(17-20-10-6-3-7-11-20)18-21(25)23-14-12-22(13-15-23)16-19-8-4-2-5-9-19/h2-11H,12-18H2,1H3/p+1. The molecule has 28 heavy (non-hydrogen) atoms. The van der Waals surface area contributed by atoms with Crippen LogP contribution >= 0.6 is 0 Å². The minimum absolute atomic E-state index is 0.109. The first-order valence-electron chi connectivity index (χ1n) is 9.56. The highest BCUT2D eigenvalue weighted by atomic mass is 32.2. The molecule has 0 saturated carbocycles. The molecule has 0 spiro atoms. The molecule has 7 heteroatoms. The molecular weight excluding hydrogens is 374 g/mol. The molecule has 3 rings (SSSR count). The molecule has 0 bridgehead atoms. The molecule has 1 amide bonds. The molecule has 1 saturated heterocycles. The summed E-state index contributed by atoms with van der Waals surface area (Å²) < 4.78 is 25.6. The zero-order chi connectivity index (χ0) is 20.0. The SMILES string of the molecule is CS(=O)(=O)N(CC(=O)N1CC[NH+](Cc2ccccc2)CC1)Cc1ccccc1. The number of hydrogen-bond donors (Lipinski definition) is 1. The third-order valence-corrected chi connectivity index (χ3v) is 6.30. The second kappa shape index (κ2) is 9.32. The lowest BCUT2D eigenvalue weighted by Crippen LogP contribution is -3.13. The molecule has 0 unspecified atom stereocenters. The van der Waals surface area contributed by atoms with Crippen LogP contribution < -0.4 is 4.90 Å². The number of nitrogens with zero attached hydrogens (tertiary/aromatic N) is 2. The van der Waals surface area contributed by atoms with E-state index in [4.69, 9.17) is 0 Å². The van der Waals surface area contributed by atoms with Gasteiger partial charge in [0.05, 0.1) is 39.0 Å². The predicted molar refractivity (Wildman–Crippen MR) is 109 cm³/mol. The largest absolute Gasteiger partial charge is 0.330 e. The van der Waals surface area contributed by atoms with Gasteiger partial charge in [-0.1, -0.05) is 60.7 Å². The average Bonchev–Trinajstić information content (AvgIpc) is 2.69. The molecule has 1 heterocycles. The summed E-state index contributed by atoms with van der Waals surface area (Å²) in [4.78, 5) is 16.0. The Kier molecular flexibility index (Phi) is 6.83. The number of hydrogen-bond acceptors (Lipinski definition) is 3. The highest BCUT2D eigenvalue weighted by Crippen LogP contribution is 2.09. The van der Waals surface area contributed by atoms with E-state index < -0.39 is 10.0 Å². The Hall–Kier alpha value is -2.22. The van der Waals surface area contributed by atoms with Crippen molar-refractivity contribution in [2.45, 2.75) is 13.1 Å². The predicted octanol–water partition coefficient (Wildman–Crippen LogP) is 0.376. The number of amides is 1. The van der Waals surface area contributed by atoms with Gasteiger partial charge in [0.1, 0.15) is 6.54 Å². The number of sulfonamides is 1. The molecule has 150 valence electrons. The summed E-state index contributed by atoms with van der Waals surface area (Å²) >= 11 is 0. The topological polar surface area (TPSA) is 62.1 Å². The lowest BCUT2D eigenvalue weighted by Gasteiger charge is -2.33.